The monoisotopic (exact) mass is 153 g/mol. The summed E-state index contributed by atoms with van der Waals surface area (Å²) in [4.78, 5) is 0. The minimum Gasteiger partial charge on any atom is -0.344 e. The molecule has 0 aliphatic rings. The number of hydrogen-bond donors (Lipinski definition) is 1. The lowest BCUT2D eigenvalue weighted by atomic mass is 10.1. The highest BCUT2D eigenvalue weighted by Crippen LogP contribution is 1.98. The van der Waals surface area contributed by atoms with Crippen LogP contribution in [0.25, 0.3) is 0 Å². The first-order valence-electron chi connectivity index (χ1n) is 3.73. The Morgan fingerprint density at radius 1 is 0.909 bits per heavy atom. The Kier molecular flexibility index (Phi) is 10.7. The summed E-state index contributed by atoms with van der Waals surface area (Å²) in [6.07, 6.45) is 12.5. The first-order chi connectivity index (χ1) is 4.81. The van der Waals surface area contributed by atoms with E-state index in [-0.39, 0.29) is 6.15 Å². The van der Waals surface area contributed by atoms with Crippen LogP contribution in [0.3, 0.4) is 0 Å². The maximum Gasteiger partial charge on any atom is -0.00789 e. The molecule has 0 fully saturated rings. The third-order valence-corrected chi connectivity index (χ3v) is 1.21. The Bertz CT molecular complexity index is 143. The summed E-state index contributed by atoms with van der Waals surface area (Å²) in [5.74, 6) is 0.557. The van der Waals surface area contributed by atoms with E-state index in [2.05, 4.69) is 31.2 Å². The van der Waals surface area contributed by atoms with Crippen molar-refractivity contribution < 1.29 is 0 Å². The molecule has 0 spiro atoms. The van der Waals surface area contributed by atoms with E-state index in [9.17, 15) is 0 Å². The van der Waals surface area contributed by atoms with Crippen LogP contribution >= 0.6 is 0 Å². The van der Waals surface area contributed by atoms with Gasteiger partial charge in [-0.15, -0.1) is 0 Å². The van der Waals surface area contributed by atoms with E-state index >= 15 is 0 Å². The lowest BCUT2D eigenvalue weighted by Crippen LogP contribution is -1.79. The highest BCUT2D eigenvalue weighted by molar-refractivity contribution is 5.06. The predicted molar refractivity (Wildman–Crippen MR) is 53.0 cm³/mol. The van der Waals surface area contributed by atoms with Crippen molar-refractivity contribution in [3.05, 3.63) is 36.5 Å². The van der Waals surface area contributed by atoms with Crippen molar-refractivity contribution in [1.29, 1.82) is 0 Å². The van der Waals surface area contributed by atoms with Crippen LogP contribution in [0.2, 0.25) is 0 Å². The van der Waals surface area contributed by atoms with Gasteiger partial charge in [-0.05, 0) is 19.8 Å². The molecule has 0 amide bonds. The van der Waals surface area contributed by atoms with E-state index in [0.717, 1.165) is 0 Å². The Labute approximate surface area is 70.1 Å². The second-order valence-corrected chi connectivity index (χ2v) is 2.30. The van der Waals surface area contributed by atoms with E-state index in [1.165, 1.54) is 0 Å². The second kappa shape index (κ2) is 9.18. The molecule has 0 rings (SSSR count). The molecular weight excluding hydrogens is 134 g/mol. The van der Waals surface area contributed by atoms with Crippen LogP contribution in [0.15, 0.2) is 36.5 Å². The third kappa shape index (κ3) is 9.18. The molecular formula is C10H19N. The van der Waals surface area contributed by atoms with Crippen molar-refractivity contribution >= 4 is 0 Å². The van der Waals surface area contributed by atoms with Gasteiger partial charge >= 0.3 is 0 Å². The summed E-state index contributed by atoms with van der Waals surface area (Å²) in [5.41, 5.74) is 0. The maximum atomic E-state index is 2.17. The minimum absolute atomic E-state index is 0. The van der Waals surface area contributed by atoms with Gasteiger partial charge in [0.15, 0.2) is 0 Å². The van der Waals surface area contributed by atoms with Gasteiger partial charge in [0.2, 0.25) is 0 Å². The predicted octanol–water partition coefficient (Wildman–Crippen LogP) is 3.49. The number of rotatable bonds is 3. The standard InChI is InChI=1S/C10H16.H3N/c1-4-6-7-9-10(3)8-5-2;/h4-10H,1-3H3;1H3/b6-4-,8-5-,9-7+;. The Balaban J connectivity index is 0. The minimum atomic E-state index is 0. The summed E-state index contributed by atoms with van der Waals surface area (Å²) in [5, 5.41) is 0. The molecule has 64 valence electrons. The van der Waals surface area contributed by atoms with Crippen LogP contribution in [-0.4, -0.2) is 0 Å². The topological polar surface area (TPSA) is 35.0 Å². The van der Waals surface area contributed by atoms with Crippen LogP contribution in [-0.2, 0) is 0 Å². The number of hydrogen-bond acceptors (Lipinski definition) is 1. The zero-order chi connectivity index (χ0) is 7.82. The number of allylic oxidation sites excluding steroid dienone is 6. The summed E-state index contributed by atoms with van der Waals surface area (Å²) in [6.45, 7) is 6.23. The molecule has 0 heterocycles. The van der Waals surface area contributed by atoms with E-state index in [1.807, 2.05) is 26.0 Å². The maximum absolute atomic E-state index is 2.17. The van der Waals surface area contributed by atoms with Crippen molar-refractivity contribution in [2.75, 3.05) is 0 Å². The van der Waals surface area contributed by atoms with E-state index in [0.29, 0.717) is 5.92 Å². The van der Waals surface area contributed by atoms with Crippen molar-refractivity contribution in [2.45, 2.75) is 20.8 Å². The lowest BCUT2D eigenvalue weighted by molar-refractivity contribution is 0.937. The van der Waals surface area contributed by atoms with Crippen molar-refractivity contribution in [3.63, 3.8) is 0 Å². The zero-order valence-corrected chi connectivity index (χ0v) is 7.75. The van der Waals surface area contributed by atoms with Gasteiger partial charge < -0.3 is 6.15 Å². The zero-order valence-electron chi connectivity index (χ0n) is 7.75. The molecule has 0 saturated carbocycles. The molecule has 3 N–H and O–H groups in total. The van der Waals surface area contributed by atoms with Gasteiger partial charge in [0.1, 0.15) is 0 Å². The van der Waals surface area contributed by atoms with Crippen molar-refractivity contribution in [3.8, 4) is 0 Å². The quantitative estimate of drug-likeness (QED) is 0.489. The summed E-state index contributed by atoms with van der Waals surface area (Å²) >= 11 is 0. The van der Waals surface area contributed by atoms with E-state index in [4.69, 9.17) is 0 Å². The third-order valence-electron chi connectivity index (χ3n) is 1.21. The van der Waals surface area contributed by atoms with Gasteiger partial charge in [-0.25, -0.2) is 0 Å². The Hall–Kier alpha value is -0.820. The molecule has 11 heavy (non-hydrogen) atoms. The van der Waals surface area contributed by atoms with Gasteiger partial charge in [0.05, 0.1) is 0 Å². The first kappa shape index (κ1) is 12.8. The molecule has 1 nitrogen and oxygen atoms in total. The molecule has 0 bridgehead atoms. The molecule has 1 heteroatoms. The van der Waals surface area contributed by atoms with Crippen LogP contribution in [0, 0.1) is 5.92 Å². The molecule has 1 unspecified atom stereocenters. The van der Waals surface area contributed by atoms with Crippen molar-refractivity contribution in [2.24, 2.45) is 5.92 Å². The van der Waals surface area contributed by atoms with Gasteiger partial charge in [-0.2, -0.15) is 0 Å². The normalized spacial score (nSPS) is 14.5. The molecule has 0 aromatic rings. The second-order valence-electron chi connectivity index (χ2n) is 2.30. The van der Waals surface area contributed by atoms with Crippen LogP contribution in [0.1, 0.15) is 20.8 Å². The lowest BCUT2D eigenvalue weighted by Gasteiger charge is -1.93. The molecule has 1 atom stereocenters. The SMILES string of the molecule is C/C=C\C=C\C(C)/C=C\C.N. The summed E-state index contributed by atoms with van der Waals surface area (Å²) < 4.78 is 0. The Morgan fingerprint density at radius 3 is 2.00 bits per heavy atom. The van der Waals surface area contributed by atoms with Gasteiger partial charge in [0, 0.05) is 0 Å². The highest BCUT2D eigenvalue weighted by Gasteiger charge is 1.83. The largest absolute Gasteiger partial charge is 0.344 e. The summed E-state index contributed by atoms with van der Waals surface area (Å²) in [7, 11) is 0. The fourth-order valence-electron chi connectivity index (χ4n) is 0.718. The highest BCUT2D eigenvalue weighted by atomic mass is 14.0. The van der Waals surface area contributed by atoms with Crippen LogP contribution in [0.5, 0.6) is 0 Å². The van der Waals surface area contributed by atoms with Gasteiger partial charge in [-0.1, -0.05) is 43.4 Å². The summed E-state index contributed by atoms with van der Waals surface area (Å²) in [6, 6.07) is 0. The molecule has 0 aromatic carbocycles. The van der Waals surface area contributed by atoms with Crippen LogP contribution in [0.4, 0.5) is 0 Å². The smallest absolute Gasteiger partial charge is 0.00789 e. The average Bonchev–Trinajstić information content (AvgIpc) is 1.89. The van der Waals surface area contributed by atoms with Crippen molar-refractivity contribution in [1.82, 2.24) is 6.15 Å². The van der Waals surface area contributed by atoms with Crippen LogP contribution < -0.4 is 6.15 Å². The Morgan fingerprint density at radius 2 is 1.55 bits per heavy atom. The van der Waals surface area contributed by atoms with E-state index in [1.54, 1.807) is 0 Å². The average molecular weight is 153 g/mol. The molecule has 0 aliphatic heterocycles. The molecule has 0 radical (unpaired) electrons. The fraction of sp³-hybridized carbons (Fsp3) is 0.400. The fourth-order valence-corrected chi connectivity index (χ4v) is 0.718. The van der Waals surface area contributed by atoms with Gasteiger partial charge in [-0.3, -0.25) is 0 Å². The van der Waals surface area contributed by atoms with Gasteiger partial charge in [0.25, 0.3) is 0 Å². The first-order valence-corrected chi connectivity index (χ1v) is 3.73. The van der Waals surface area contributed by atoms with E-state index < -0.39 is 0 Å². The molecule has 0 saturated heterocycles. The molecule has 0 aromatic heterocycles. The molecule has 0 aliphatic carbocycles.